The van der Waals surface area contributed by atoms with Crippen LogP contribution in [0.4, 0.5) is 0 Å². The van der Waals surface area contributed by atoms with Crippen LogP contribution in [0.1, 0.15) is 51.4 Å². The second-order valence-electron chi connectivity index (χ2n) is 7.95. The van der Waals surface area contributed by atoms with Gasteiger partial charge >= 0.3 is 11.9 Å². The zero-order valence-electron chi connectivity index (χ0n) is 17.8. The smallest absolute Gasteiger partial charge is 0.310 e. The summed E-state index contributed by atoms with van der Waals surface area (Å²) in [5.41, 5.74) is 0. The maximum atomic E-state index is 11.9. The first-order chi connectivity index (χ1) is 13.6. The number of carboxylic acid groups (broad SMARTS) is 2. The summed E-state index contributed by atoms with van der Waals surface area (Å²) in [4.78, 5) is 33.1. The number of carboxylic acids is 2. The molecular formula is C22H35NO6. The first-order valence-corrected chi connectivity index (χ1v) is 10.00. The van der Waals surface area contributed by atoms with E-state index in [1.807, 2.05) is 39.4 Å². The molecule has 0 fully saturated rings. The van der Waals surface area contributed by atoms with Crippen molar-refractivity contribution in [2.45, 2.75) is 57.5 Å². The van der Waals surface area contributed by atoms with Crippen LogP contribution in [-0.4, -0.2) is 61.3 Å². The molecule has 0 saturated carbocycles. The third kappa shape index (κ3) is 20.1. The molecule has 0 bridgehead atoms. The minimum atomic E-state index is -1.23. The average Bonchev–Trinajstić information content (AvgIpc) is 2.56. The Hall–Kier alpha value is -2.41. The summed E-state index contributed by atoms with van der Waals surface area (Å²) in [5.74, 6) is -2.44. The molecule has 0 amide bonds. The van der Waals surface area contributed by atoms with Gasteiger partial charge in [0.1, 0.15) is 6.54 Å². The Morgan fingerprint density at radius 2 is 1.59 bits per heavy atom. The van der Waals surface area contributed by atoms with E-state index in [1.54, 1.807) is 18.2 Å². The zero-order chi connectivity index (χ0) is 22.1. The van der Waals surface area contributed by atoms with Crippen molar-refractivity contribution in [3.05, 3.63) is 36.5 Å². The first kappa shape index (κ1) is 26.6. The van der Waals surface area contributed by atoms with Gasteiger partial charge in [0, 0.05) is 18.8 Å². The molecular weight excluding hydrogens is 374 g/mol. The number of allylic oxidation sites excluding steroid dienone is 5. The van der Waals surface area contributed by atoms with Crippen LogP contribution in [0.5, 0.6) is 0 Å². The maximum Gasteiger partial charge on any atom is 0.310 e. The number of rotatable bonds is 16. The summed E-state index contributed by atoms with van der Waals surface area (Å²) in [5, 5.41) is 19.4. The quantitative estimate of drug-likeness (QED) is 0.181. The predicted octanol–water partition coefficient (Wildman–Crippen LogP) is 2.23. The summed E-state index contributed by atoms with van der Waals surface area (Å²) in [6.45, 7) is 0.397. The number of likely N-dealkylation sites (N-methyl/N-ethyl adjacent to an activating group) is 1. The fourth-order valence-electron chi connectivity index (χ4n) is 2.61. The van der Waals surface area contributed by atoms with Crippen LogP contribution >= 0.6 is 0 Å². The first-order valence-electron chi connectivity index (χ1n) is 10.00. The van der Waals surface area contributed by atoms with Crippen LogP contribution in [0, 0.1) is 0 Å². The van der Waals surface area contributed by atoms with E-state index in [0.717, 1.165) is 32.1 Å². The number of esters is 1. The van der Waals surface area contributed by atoms with Gasteiger partial charge < -0.3 is 24.2 Å². The summed E-state index contributed by atoms with van der Waals surface area (Å²) in [7, 11) is 5.69. The van der Waals surface area contributed by atoms with Crippen molar-refractivity contribution in [3.8, 4) is 0 Å². The maximum absolute atomic E-state index is 11.9. The molecule has 0 aliphatic rings. The van der Waals surface area contributed by atoms with Crippen molar-refractivity contribution in [1.29, 1.82) is 0 Å². The molecule has 164 valence electrons. The lowest BCUT2D eigenvalue weighted by atomic mass is 10.1. The lowest BCUT2D eigenvalue weighted by Gasteiger charge is -2.29. The van der Waals surface area contributed by atoms with Crippen molar-refractivity contribution in [2.24, 2.45) is 0 Å². The Bertz CT molecular complexity index is 587. The van der Waals surface area contributed by atoms with Crippen LogP contribution in [0.3, 0.4) is 0 Å². The zero-order valence-corrected chi connectivity index (χ0v) is 17.8. The molecule has 1 atom stereocenters. The van der Waals surface area contributed by atoms with Gasteiger partial charge in [-0.2, -0.15) is 0 Å². The van der Waals surface area contributed by atoms with E-state index in [0.29, 0.717) is 11.0 Å². The normalized spacial score (nSPS) is 13.3. The van der Waals surface area contributed by atoms with Crippen LogP contribution < -0.4 is 5.11 Å². The van der Waals surface area contributed by atoms with Crippen molar-refractivity contribution in [3.63, 3.8) is 0 Å². The molecule has 29 heavy (non-hydrogen) atoms. The van der Waals surface area contributed by atoms with E-state index in [2.05, 4.69) is 0 Å². The molecule has 0 radical (unpaired) electrons. The second-order valence-corrected chi connectivity index (χ2v) is 7.95. The number of carbonyl (C=O) groups is 3. The fraction of sp³-hybridized carbons (Fsp3) is 0.591. The summed E-state index contributed by atoms with van der Waals surface area (Å²) in [6.07, 6.45) is 15.0. The van der Waals surface area contributed by atoms with Gasteiger partial charge in [-0.15, -0.1) is 0 Å². The summed E-state index contributed by atoms with van der Waals surface area (Å²) >= 11 is 0. The molecule has 0 rings (SSSR count). The highest BCUT2D eigenvalue weighted by Crippen LogP contribution is 2.07. The van der Waals surface area contributed by atoms with Crippen LogP contribution in [0.25, 0.3) is 0 Å². The van der Waals surface area contributed by atoms with Crippen molar-refractivity contribution in [1.82, 2.24) is 0 Å². The van der Waals surface area contributed by atoms with Gasteiger partial charge in [-0.1, -0.05) is 49.3 Å². The number of hydrogen-bond donors (Lipinski definition) is 1. The Morgan fingerprint density at radius 1 is 0.966 bits per heavy atom. The van der Waals surface area contributed by atoms with Gasteiger partial charge in [0.05, 0.1) is 27.6 Å². The number of carbonyl (C=O) groups excluding carboxylic acids is 2. The average molecular weight is 410 g/mol. The molecule has 7 heteroatoms. The standard InChI is InChI=1S/C22H35NO6/c1-23(2,3)18-19(17-21(26)27)29-22(28)16-14-12-10-8-6-4-5-7-9-11-13-15-20(24)25/h4,6,8,10,12,14,19H,5,7,9,11,13,15-18H2,1-3H3,(H-,24,25,26,27)/b6-4+,10-8+,14-12+. The van der Waals surface area contributed by atoms with E-state index < -0.39 is 24.0 Å². The van der Waals surface area contributed by atoms with E-state index >= 15 is 0 Å². The van der Waals surface area contributed by atoms with Crippen LogP contribution in [0.2, 0.25) is 0 Å². The minimum Gasteiger partial charge on any atom is -0.550 e. The second kappa shape index (κ2) is 15.5. The summed E-state index contributed by atoms with van der Waals surface area (Å²) in [6, 6.07) is 0. The number of aliphatic carboxylic acids is 2. The van der Waals surface area contributed by atoms with Crippen molar-refractivity contribution in [2.75, 3.05) is 27.7 Å². The number of unbranched alkanes of at least 4 members (excludes halogenated alkanes) is 4. The number of hydrogen-bond acceptors (Lipinski definition) is 5. The van der Waals surface area contributed by atoms with E-state index in [9.17, 15) is 19.5 Å². The largest absolute Gasteiger partial charge is 0.550 e. The number of nitrogens with zero attached hydrogens (tertiary/aromatic N) is 1. The van der Waals surface area contributed by atoms with Gasteiger partial charge in [0.25, 0.3) is 0 Å². The number of quaternary nitrogens is 1. The van der Waals surface area contributed by atoms with E-state index in [4.69, 9.17) is 9.84 Å². The van der Waals surface area contributed by atoms with Gasteiger partial charge in [-0.25, -0.2) is 0 Å². The molecule has 0 saturated heterocycles. The predicted molar refractivity (Wildman–Crippen MR) is 110 cm³/mol. The lowest BCUT2D eigenvalue weighted by molar-refractivity contribution is -0.873. The summed E-state index contributed by atoms with van der Waals surface area (Å²) < 4.78 is 5.74. The van der Waals surface area contributed by atoms with Gasteiger partial charge in [-0.05, 0) is 19.3 Å². The minimum absolute atomic E-state index is 0.0745. The molecule has 1 unspecified atom stereocenters. The Kier molecular flexibility index (Phi) is 14.2. The molecule has 1 N–H and O–H groups in total. The lowest BCUT2D eigenvalue weighted by Crippen LogP contribution is -2.45. The highest BCUT2D eigenvalue weighted by Gasteiger charge is 2.21. The van der Waals surface area contributed by atoms with Gasteiger partial charge in [-0.3, -0.25) is 9.59 Å². The van der Waals surface area contributed by atoms with E-state index in [-0.39, 0.29) is 19.3 Å². The van der Waals surface area contributed by atoms with Crippen LogP contribution in [-0.2, 0) is 19.1 Å². The van der Waals surface area contributed by atoms with Crippen molar-refractivity contribution >= 4 is 17.9 Å². The van der Waals surface area contributed by atoms with E-state index in [1.165, 1.54) is 0 Å². The highest BCUT2D eigenvalue weighted by atomic mass is 16.5. The molecule has 0 aromatic carbocycles. The Balaban J connectivity index is 4.01. The third-order valence-electron chi connectivity index (χ3n) is 3.85. The number of ether oxygens (including phenoxy) is 1. The van der Waals surface area contributed by atoms with Gasteiger partial charge in [0.2, 0.25) is 0 Å². The Labute approximate surface area is 173 Å². The SMILES string of the molecule is C[N+](C)(C)CC(CC(=O)[O-])OC(=O)C/C=C/C=C/C=C/CCCCCCC(=O)O. The highest BCUT2D eigenvalue weighted by molar-refractivity contribution is 5.72. The third-order valence-corrected chi connectivity index (χ3v) is 3.85. The van der Waals surface area contributed by atoms with Crippen molar-refractivity contribution < 1.29 is 33.8 Å². The molecule has 0 spiro atoms. The van der Waals surface area contributed by atoms with Crippen LogP contribution in [0.15, 0.2) is 36.5 Å². The molecule has 0 aromatic heterocycles. The molecule has 0 aliphatic heterocycles. The van der Waals surface area contributed by atoms with Gasteiger partial charge in [0.15, 0.2) is 6.10 Å². The monoisotopic (exact) mass is 409 g/mol. The topological polar surface area (TPSA) is 104 Å². The molecule has 0 aliphatic carbocycles. The Morgan fingerprint density at radius 3 is 2.17 bits per heavy atom. The molecule has 0 aromatic rings. The molecule has 0 heterocycles. The fourth-order valence-corrected chi connectivity index (χ4v) is 2.61. The molecule has 7 nitrogen and oxygen atoms in total.